The summed E-state index contributed by atoms with van der Waals surface area (Å²) < 4.78 is 12.1. The Morgan fingerprint density at radius 3 is 2.76 bits per heavy atom. The highest BCUT2D eigenvalue weighted by Gasteiger charge is 2.13. The summed E-state index contributed by atoms with van der Waals surface area (Å²) in [5.74, 6) is 0. The van der Waals surface area contributed by atoms with Crippen molar-refractivity contribution in [3.8, 4) is 11.3 Å². The van der Waals surface area contributed by atoms with Gasteiger partial charge in [-0.05, 0) is 35.9 Å². The van der Waals surface area contributed by atoms with Gasteiger partial charge < -0.3 is 14.4 Å². The van der Waals surface area contributed by atoms with Crippen LogP contribution in [0.3, 0.4) is 0 Å². The molecular formula is C25H28ClN4O4+. The first kappa shape index (κ1) is 23.9. The lowest BCUT2D eigenvalue weighted by atomic mass is 10.1. The van der Waals surface area contributed by atoms with Crippen molar-refractivity contribution in [1.29, 1.82) is 0 Å². The highest BCUT2D eigenvalue weighted by Crippen LogP contribution is 2.20. The molecule has 0 aliphatic carbocycles. The van der Waals surface area contributed by atoms with Gasteiger partial charge in [-0.1, -0.05) is 35.9 Å². The number of hydrogen-bond acceptors (Lipinski definition) is 5. The molecule has 8 nitrogen and oxygen atoms in total. The quantitative estimate of drug-likeness (QED) is 0.481. The SMILES string of the molecule is O=C(Nc1cccc(Cn2nc(-c3cccc(Cl)c3)ccc2=O)c1)OCCC[NH+]1CCOCC1. The molecule has 0 spiro atoms. The Morgan fingerprint density at radius 2 is 1.94 bits per heavy atom. The van der Waals surface area contributed by atoms with Crippen molar-refractivity contribution in [3.63, 3.8) is 0 Å². The summed E-state index contributed by atoms with van der Waals surface area (Å²) in [6.07, 6.45) is 0.313. The second-order valence-corrected chi connectivity index (χ2v) is 8.59. The Balaban J connectivity index is 1.33. The number of halogens is 1. The fraction of sp³-hybridized carbons (Fsp3) is 0.320. The first-order chi connectivity index (χ1) is 16.6. The molecule has 0 radical (unpaired) electrons. The van der Waals surface area contributed by atoms with Crippen LogP contribution >= 0.6 is 11.6 Å². The summed E-state index contributed by atoms with van der Waals surface area (Å²) in [5.41, 5.74) is 2.69. The van der Waals surface area contributed by atoms with E-state index in [1.54, 1.807) is 30.3 Å². The van der Waals surface area contributed by atoms with Gasteiger partial charge in [-0.2, -0.15) is 5.10 Å². The van der Waals surface area contributed by atoms with Crippen LogP contribution in [-0.4, -0.2) is 55.3 Å². The lowest BCUT2D eigenvalue weighted by Gasteiger charge is -2.23. The molecule has 9 heteroatoms. The van der Waals surface area contributed by atoms with Crippen LogP contribution < -0.4 is 15.8 Å². The normalized spacial score (nSPS) is 14.0. The van der Waals surface area contributed by atoms with E-state index in [-0.39, 0.29) is 12.1 Å². The molecule has 2 heterocycles. The predicted molar refractivity (Wildman–Crippen MR) is 130 cm³/mol. The number of hydrogen-bond donors (Lipinski definition) is 2. The van der Waals surface area contributed by atoms with Crippen molar-refractivity contribution in [2.45, 2.75) is 13.0 Å². The monoisotopic (exact) mass is 483 g/mol. The Bertz CT molecular complexity index is 1180. The second kappa shape index (κ2) is 11.8. The van der Waals surface area contributed by atoms with Gasteiger partial charge >= 0.3 is 6.09 Å². The average molecular weight is 484 g/mol. The van der Waals surface area contributed by atoms with Crippen LogP contribution in [0.1, 0.15) is 12.0 Å². The number of anilines is 1. The van der Waals surface area contributed by atoms with Crippen molar-refractivity contribution < 1.29 is 19.2 Å². The van der Waals surface area contributed by atoms with Gasteiger partial charge in [0.2, 0.25) is 0 Å². The van der Waals surface area contributed by atoms with E-state index in [2.05, 4.69) is 10.4 Å². The summed E-state index contributed by atoms with van der Waals surface area (Å²) in [6.45, 7) is 5.17. The van der Waals surface area contributed by atoms with E-state index in [9.17, 15) is 9.59 Å². The maximum absolute atomic E-state index is 12.4. The van der Waals surface area contributed by atoms with Gasteiger partial charge in [0.1, 0.15) is 13.1 Å². The zero-order chi connectivity index (χ0) is 23.8. The van der Waals surface area contributed by atoms with Gasteiger partial charge in [-0.15, -0.1) is 0 Å². The minimum Gasteiger partial charge on any atom is -0.449 e. The van der Waals surface area contributed by atoms with Gasteiger partial charge in [0, 0.05) is 28.8 Å². The number of ether oxygens (including phenoxy) is 2. The topological polar surface area (TPSA) is 86.9 Å². The van der Waals surface area contributed by atoms with Crippen LogP contribution in [0.2, 0.25) is 5.02 Å². The van der Waals surface area contributed by atoms with Crippen molar-refractivity contribution in [3.05, 3.63) is 81.6 Å². The van der Waals surface area contributed by atoms with Crippen molar-refractivity contribution in [1.82, 2.24) is 9.78 Å². The number of nitrogens with one attached hydrogen (secondary N) is 2. The van der Waals surface area contributed by atoms with Gasteiger partial charge in [0.15, 0.2) is 0 Å². The standard InChI is InChI=1S/C25H27ClN4O4/c26-21-6-2-5-20(17-21)23-8-9-24(31)30(28-23)18-19-4-1-7-22(16-19)27-25(32)34-13-3-10-29-11-14-33-15-12-29/h1-2,4-9,16-17H,3,10-15,18H2,(H,27,32)/p+1. The van der Waals surface area contributed by atoms with Crippen LogP contribution in [0.15, 0.2) is 65.5 Å². The zero-order valence-corrected chi connectivity index (χ0v) is 19.6. The molecule has 1 saturated heterocycles. The molecule has 1 amide bonds. The number of carbonyl (C=O) groups excluding carboxylic acids is 1. The molecule has 0 saturated carbocycles. The number of amides is 1. The number of benzene rings is 2. The second-order valence-electron chi connectivity index (χ2n) is 8.15. The third-order valence-electron chi connectivity index (χ3n) is 5.60. The molecular weight excluding hydrogens is 456 g/mol. The lowest BCUT2D eigenvalue weighted by Crippen LogP contribution is -3.14. The first-order valence-corrected chi connectivity index (χ1v) is 11.7. The number of aromatic nitrogens is 2. The zero-order valence-electron chi connectivity index (χ0n) is 18.8. The molecule has 0 bridgehead atoms. The average Bonchev–Trinajstić information content (AvgIpc) is 2.84. The van der Waals surface area contributed by atoms with Crippen LogP contribution in [-0.2, 0) is 16.0 Å². The van der Waals surface area contributed by atoms with Crippen LogP contribution in [0.25, 0.3) is 11.3 Å². The lowest BCUT2D eigenvalue weighted by molar-refractivity contribution is -0.908. The van der Waals surface area contributed by atoms with Crippen LogP contribution in [0.5, 0.6) is 0 Å². The van der Waals surface area contributed by atoms with Crippen molar-refractivity contribution in [2.75, 3.05) is 44.8 Å². The molecule has 1 aliphatic rings. The summed E-state index contributed by atoms with van der Waals surface area (Å²) in [6, 6.07) is 17.8. The Hall–Kier alpha value is -3.20. The highest BCUT2D eigenvalue weighted by atomic mass is 35.5. The van der Waals surface area contributed by atoms with E-state index in [4.69, 9.17) is 21.1 Å². The van der Waals surface area contributed by atoms with E-state index < -0.39 is 6.09 Å². The van der Waals surface area contributed by atoms with E-state index in [0.29, 0.717) is 23.0 Å². The van der Waals surface area contributed by atoms with Gasteiger partial charge in [0.25, 0.3) is 5.56 Å². The smallest absolute Gasteiger partial charge is 0.411 e. The number of morpholine rings is 1. The predicted octanol–water partition coefficient (Wildman–Crippen LogP) is 2.47. The summed E-state index contributed by atoms with van der Waals surface area (Å²) in [7, 11) is 0. The van der Waals surface area contributed by atoms with E-state index in [1.165, 1.54) is 15.6 Å². The molecule has 0 unspecified atom stereocenters. The van der Waals surface area contributed by atoms with E-state index in [0.717, 1.165) is 50.4 Å². The molecule has 2 N–H and O–H groups in total. The summed E-state index contributed by atoms with van der Waals surface area (Å²) in [4.78, 5) is 26.0. The van der Waals surface area contributed by atoms with Crippen LogP contribution in [0.4, 0.5) is 10.5 Å². The number of carbonyl (C=O) groups is 1. The van der Waals surface area contributed by atoms with Crippen LogP contribution in [0, 0.1) is 0 Å². The number of nitrogens with zero attached hydrogens (tertiary/aromatic N) is 2. The molecule has 1 fully saturated rings. The minimum absolute atomic E-state index is 0.217. The fourth-order valence-electron chi connectivity index (χ4n) is 3.84. The molecule has 1 aromatic heterocycles. The molecule has 34 heavy (non-hydrogen) atoms. The summed E-state index contributed by atoms with van der Waals surface area (Å²) >= 11 is 6.08. The Kier molecular flexibility index (Phi) is 8.30. The van der Waals surface area contributed by atoms with Crippen molar-refractivity contribution >= 4 is 23.4 Å². The van der Waals surface area contributed by atoms with Gasteiger partial charge in [0.05, 0.1) is 38.6 Å². The largest absolute Gasteiger partial charge is 0.449 e. The Morgan fingerprint density at radius 1 is 1.12 bits per heavy atom. The molecule has 2 aromatic carbocycles. The summed E-state index contributed by atoms with van der Waals surface area (Å²) in [5, 5.41) is 7.84. The third kappa shape index (κ3) is 6.90. The molecule has 0 atom stereocenters. The maximum atomic E-state index is 12.4. The molecule has 178 valence electrons. The molecule has 1 aliphatic heterocycles. The van der Waals surface area contributed by atoms with E-state index in [1.807, 2.05) is 24.3 Å². The minimum atomic E-state index is -0.493. The molecule has 3 aromatic rings. The van der Waals surface area contributed by atoms with Gasteiger partial charge in [-0.3, -0.25) is 10.1 Å². The highest BCUT2D eigenvalue weighted by molar-refractivity contribution is 6.30. The van der Waals surface area contributed by atoms with E-state index >= 15 is 0 Å². The third-order valence-corrected chi connectivity index (χ3v) is 5.84. The number of quaternary nitrogens is 1. The fourth-order valence-corrected chi connectivity index (χ4v) is 4.03. The van der Waals surface area contributed by atoms with Gasteiger partial charge in [-0.25, -0.2) is 9.48 Å². The van der Waals surface area contributed by atoms with Crippen molar-refractivity contribution in [2.24, 2.45) is 0 Å². The maximum Gasteiger partial charge on any atom is 0.411 e. The Labute approximate surface area is 203 Å². The first-order valence-electron chi connectivity index (χ1n) is 11.3. The number of rotatable bonds is 8. The molecule has 4 rings (SSSR count).